The minimum atomic E-state index is -0.209. The van der Waals surface area contributed by atoms with E-state index < -0.39 is 0 Å². The maximum atomic E-state index is 9.95. The Morgan fingerprint density at radius 3 is 3.05 bits per heavy atom. The van der Waals surface area contributed by atoms with E-state index in [9.17, 15) is 10.2 Å². The molecule has 1 aromatic carbocycles. The van der Waals surface area contributed by atoms with E-state index in [0.29, 0.717) is 11.5 Å². The lowest BCUT2D eigenvalue weighted by Gasteiger charge is -2.33. The van der Waals surface area contributed by atoms with Crippen LogP contribution in [0.5, 0.6) is 23.0 Å². The van der Waals surface area contributed by atoms with Gasteiger partial charge in [-0.3, -0.25) is 4.98 Å². The zero-order valence-corrected chi connectivity index (χ0v) is 10.1. The molecule has 19 heavy (non-hydrogen) atoms. The molecule has 5 heteroatoms. The van der Waals surface area contributed by atoms with Crippen LogP contribution in [0.25, 0.3) is 0 Å². The third-order valence-corrected chi connectivity index (χ3v) is 3.77. The molecule has 3 heterocycles. The zero-order chi connectivity index (χ0) is 13.0. The fourth-order valence-corrected chi connectivity index (χ4v) is 2.90. The van der Waals surface area contributed by atoms with Gasteiger partial charge in [-0.05, 0) is 11.6 Å². The van der Waals surface area contributed by atoms with Crippen LogP contribution in [0.2, 0.25) is 0 Å². The van der Waals surface area contributed by atoms with E-state index in [0.717, 1.165) is 29.8 Å². The number of benzene rings is 1. The summed E-state index contributed by atoms with van der Waals surface area (Å²) in [6, 6.07) is 3.30. The minimum absolute atomic E-state index is 0.122. The van der Waals surface area contributed by atoms with Gasteiger partial charge in [0.2, 0.25) is 5.75 Å². The monoisotopic (exact) mass is 256 g/mol. The molecule has 0 bridgehead atoms. The molecule has 0 saturated carbocycles. The number of fused-ring (bicyclic) bond motifs is 2. The molecule has 3 N–H and O–H groups in total. The first-order valence-electron chi connectivity index (χ1n) is 6.16. The van der Waals surface area contributed by atoms with E-state index >= 15 is 0 Å². The molecule has 0 amide bonds. The van der Waals surface area contributed by atoms with E-state index in [1.165, 1.54) is 6.07 Å². The van der Waals surface area contributed by atoms with Gasteiger partial charge in [0.25, 0.3) is 0 Å². The van der Waals surface area contributed by atoms with Crippen molar-refractivity contribution in [3.8, 4) is 23.0 Å². The Bertz CT molecular complexity index is 685. The standard InChI is InChI=1S/C14H12N2O3/c17-10-2-1-8-9-5-15-3-7-4-16-6-11(12(7)9)19-14(8)13(10)18/h1-2,4,6,9,15,17-18H,3,5H2. The Labute approximate surface area is 109 Å². The van der Waals surface area contributed by atoms with Gasteiger partial charge in [-0.25, -0.2) is 0 Å². The van der Waals surface area contributed by atoms with Crippen molar-refractivity contribution in [2.45, 2.75) is 12.5 Å². The first-order valence-corrected chi connectivity index (χ1v) is 6.16. The molecule has 0 aliphatic carbocycles. The molecule has 2 aliphatic heterocycles. The topological polar surface area (TPSA) is 74.6 Å². The van der Waals surface area contributed by atoms with E-state index in [-0.39, 0.29) is 17.4 Å². The van der Waals surface area contributed by atoms with Gasteiger partial charge in [-0.15, -0.1) is 0 Å². The number of phenols is 2. The van der Waals surface area contributed by atoms with Crippen LogP contribution in [-0.4, -0.2) is 21.7 Å². The largest absolute Gasteiger partial charge is 0.504 e. The second-order valence-corrected chi connectivity index (χ2v) is 4.85. The lowest BCUT2D eigenvalue weighted by molar-refractivity contribution is 0.356. The number of pyridine rings is 1. The van der Waals surface area contributed by atoms with Crippen molar-refractivity contribution in [3.05, 3.63) is 41.2 Å². The number of rotatable bonds is 0. The van der Waals surface area contributed by atoms with Crippen molar-refractivity contribution in [1.82, 2.24) is 10.3 Å². The molecule has 0 saturated heterocycles. The quantitative estimate of drug-likeness (QED) is 0.627. The Kier molecular flexibility index (Phi) is 2.02. The molecule has 0 fully saturated rings. The van der Waals surface area contributed by atoms with E-state index in [2.05, 4.69) is 10.3 Å². The molecule has 96 valence electrons. The summed E-state index contributed by atoms with van der Waals surface area (Å²) in [6.07, 6.45) is 3.50. The number of phenolic OH excluding ortho intramolecular Hbond substituents is 2. The Morgan fingerprint density at radius 2 is 2.16 bits per heavy atom. The smallest absolute Gasteiger partial charge is 0.201 e. The first kappa shape index (κ1) is 10.6. The molecule has 2 aliphatic rings. The van der Waals surface area contributed by atoms with Gasteiger partial charge in [-0.1, -0.05) is 6.07 Å². The van der Waals surface area contributed by atoms with Crippen LogP contribution in [-0.2, 0) is 6.54 Å². The molecule has 2 aromatic rings. The molecule has 0 radical (unpaired) electrons. The number of aromatic hydroxyl groups is 2. The number of hydrogen-bond donors (Lipinski definition) is 3. The number of nitrogens with zero attached hydrogens (tertiary/aromatic N) is 1. The van der Waals surface area contributed by atoms with Gasteiger partial charge in [0, 0.05) is 36.3 Å². The molecular formula is C14H12N2O3. The Hall–Kier alpha value is -2.27. The van der Waals surface area contributed by atoms with Crippen LogP contribution >= 0.6 is 0 Å². The number of ether oxygens (including phenoxy) is 1. The van der Waals surface area contributed by atoms with Gasteiger partial charge < -0.3 is 20.3 Å². The van der Waals surface area contributed by atoms with E-state index in [1.54, 1.807) is 12.3 Å². The minimum Gasteiger partial charge on any atom is -0.504 e. The maximum Gasteiger partial charge on any atom is 0.201 e. The summed E-state index contributed by atoms with van der Waals surface area (Å²) in [4.78, 5) is 4.15. The fourth-order valence-electron chi connectivity index (χ4n) is 2.90. The van der Waals surface area contributed by atoms with Crippen molar-refractivity contribution in [2.75, 3.05) is 6.54 Å². The summed E-state index contributed by atoms with van der Waals surface area (Å²) in [5, 5.41) is 22.9. The van der Waals surface area contributed by atoms with Crippen molar-refractivity contribution in [3.63, 3.8) is 0 Å². The highest BCUT2D eigenvalue weighted by Crippen LogP contribution is 2.51. The van der Waals surface area contributed by atoms with Crippen LogP contribution in [0.3, 0.4) is 0 Å². The predicted octanol–water partition coefficient (Wildman–Crippen LogP) is 1.83. The van der Waals surface area contributed by atoms with Crippen LogP contribution in [0, 0.1) is 0 Å². The third kappa shape index (κ3) is 1.36. The molecule has 1 aromatic heterocycles. The van der Waals surface area contributed by atoms with Crippen molar-refractivity contribution in [1.29, 1.82) is 0 Å². The van der Waals surface area contributed by atoms with E-state index in [4.69, 9.17) is 4.74 Å². The maximum absolute atomic E-state index is 9.95. The van der Waals surface area contributed by atoms with Gasteiger partial charge >= 0.3 is 0 Å². The average Bonchev–Trinajstić information content (AvgIpc) is 2.44. The highest BCUT2D eigenvalue weighted by atomic mass is 16.5. The number of nitrogens with one attached hydrogen (secondary N) is 1. The summed E-state index contributed by atoms with van der Waals surface area (Å²) >= 11 is 0. The van der Waals surface area contributed by atoms with Crippen molar-refractivity contribution >= 4 is 0 Å². The van der Waals surface area contributed by atoms with Crippen molar-refractivity contribution < 1.29 is 14.9 Å². The molecule has 1 unspecified atom stereocenters. The van der Waals surface area contributed by atoms with Gasteiger partial charge in [-0.2, -0.15) is 0 Å². The predicted molar refractivity (Wildman–Crippen MR) is 67.6 cm³/mol. The van der Waals surface area contributed by atoms with Crippen LogP contribution in [0.15, 0.2) is 24.5 Å². The van der Waals surface area contributed by atoms with Crippen LogP contribution < -0.4 is 10.1 Å². The lowest BCUT2D eigenvalue weighted by Crippen LogP contribution is -2.31. The summed E-state index contributed by atoms with van der Waals surface area (Å²) < 4.78 is 5.74. The second kappa shape index (κ2) is 3.61. The lowest BCUT2D eigenvalue weighted by atomic mass is 9.83. The number of hydrogen-bond acceptors (Lipinski definition) is 5. The Morgan fingerprint density at radius 1 is 1.26 bits per heavy atom. The first-order chi connectivity index (χ1) is 9.25. The summed E-state index contributed by atoms with van der Waals surface area (Å²) in [7, 11) is 0. The molecule has 4 rings (SSSR count). The van der Waals surface area contributed by atoms with Crippen LogP contribution in [0.1, 0.15) is 22.6 Å². The highest BCUT2D eigenvalue weighted by Gasteiger charge is 2.34. The zero-order valence-electron chi connectivity index (χ0n) is 10.1. The van der Waals surface area contributed by atoms with Crippen molar-refractivity contribution in [2.24, 2.45) is 0 Å². The average molecular weight is 256 g/mol. The summed E-state index contributed by atoms with van der Waals surface area (Å²) in [5.41, 5.74) is 3.14. The Balaban J connectivity index is 1.99. The van der Waals surface area contributed by atoms with Crippen LogP contribution in [0.4, 0.5) is 0 Å². The normalized spacial score (nSPS) is 19.3. The van der Waals surface area contributed by atoms with Gasteiger partial charge in [0.15, 0.2) is 11.5 Å². The SMILES string of the molecule is Oc1ccc2c(c1O)Oc1cncc3c1C2CNC3. The number of aromatic nitrogens is 1. The summed E-state index contributed by atoms with van der Waals surface area (Å²) in [5.74, 6) is 0.740. The molecule has 5 nitrogen and oxygen atoms in total. The summed E-state index contributed by atoms with van der Waals surface area (Å²) in [6.45, 7) is 1.56. The second-order valence-electron chi connectivity index (χ2n) is 4.85. The van der Waals surface area contributed by atoms with Gasteiger partial charge in [0.1, 0.15) is 5.75 Å². The molecular weight excluding hydrogens is 244 g/mol. The van der Waals surface area contributed by atoms with E-state index in [1.807, 2.05) is 6.20 Å². The molecule has 0 spiro atoms. The highest BCUT2D eigenvalue weighted by molar-refractivity contribution is 5.63. The van der Waals surface area contributed by atoms with Gasteiger partial charge in [0.05, 0.1) is 6.20 Å². The molecule has 1 atom stereocenters. The fraction of sp³-hybridized carbons (Fsp3) is 0.214. The third-order valence-electron chi connectivity index (χ3n) is 3.77.